The molecule has 0 aliphatic heterocycles. The van der Waals surface area contributed by atoms with E-state index in [1.54, 1.807) is 17.5 Å². The zero-order valence-electron chi connectivity index (χ0n) is 7.84. The fourth-order valence-electron chi connectivity index (χ4n) is 1.18. The molecule has 0 aliphatic carbocycles. The highest BCUT2D eigenvalue weighted by Crippen LogP contribution is 2.20. The predicted molar refractivity (Wildman–Crippen MR) is 58.4 cm³/mol. The van der Waals surface area contributed by atoms with Crippen molar-refractivity contribution in [2.24, 2.45) is 0 Å². The molecule has 4 heteroatoms. The molecule has 0 saturated heterocycles. The van der Waals surface area contributed by atoms with E-state index in [0.717, 1.165) is 5.82 Å². The Bertz CT molecular complexity index is 372. The van der Waals surface area contributed by atoms with Gasteiger partial charge in [0.1, 0.15) is 5.82 Å². The average molecular weight is 205 g/mol. The summed E-state index contributed by atoms with van der Waals surface area (Å²) in [6, 6.07) is 6.09. The summed E-state index contributed by atoms with van der Waals surface area (Å²) in [7, 11) is 0. The van der Waals surface area contributed by atoms with Gasteiger partial charge < -0.3 is 5.32 Å². The number of aromatic nitrogens is 2. The van der Waals surface area contributed by atoms with E-state index < -0.39 is 0 Å². The molecule has 0 bridgehead atoms. The number of anilines is 1. The summed E-state index contributed by atoms with van der Waals surface area (Å²) >= 11 is 1.65. The first-order chi connectivity index (χ1) is 6.86. The van der Waals surface area contributed by atoms with Crippen molar-refractivity contribution < 1.29 is 0 Å². The maximum Gasteiger partial charge on any atom is 0.126 e. The van der Waals surface area contributed by atoms with Gasteiger partial charge in [0.15, 0.2) is 0 Å². The van der Waals surface area contributed by atoms with Gasteiger partial charge in [-0.05, 0) is 19.1 Å². The van der Waals surface area contributed by atoms with Gasteiger partial charge in [0.05, 0.1) is 11.6 Å². The van der Waals surface area contributed by atoms with Gasteiger partial charge in [-0.1, -0.05) is 6.07 Å². The van der Waals surface area contributed by atoms with Crippen LogP contribution < -0.4 is 5.32 Å². The summed E-state index contributed by atoms with van der Waals surface area (Å²) in [4.78, 5) is 9.46. The van der Waals surface area contributed by atoms with E-state index in [0.29, 0.717) is 0 Å². The molecule has 3 nitrogen and oxygen atoms in total. The second-order valence-corrected chi connectivity index (χ2v) is 3.90. The Morgan fingerprint density at radius 1 is 1.43 bits per heavy atom. The largest absolute Gasteiger partial charge is 0.363 e. The van der Waals surface area contributed by atoms with E-state index in [4.69, 9.17) is 0 Å². The monoisotopic (exact) mass is 205 g/mol. The van der Waals surface area contributed by atoms with E-state index in [-0.39, 0.29) is 6.04 Å². The van der Waals surface area contributed by atoms with Gasteiger partial charge in [-0.3, -0.25) is 4.98 Å². The van der Waals surface area contributed by atoms with Crippen LogP contribution in [0.2, 0.25) is 0 Å². The molecule has 1 atom stereocenters. The van der Waals surface area contributed by atoms with Crippen LogP contribution in [0.4, 0.5) is 5.82 Å². The number of thiazole rings is 1. The van der Waals surface area contributed by atoms with Crippen LogP contribution in [-0.4, -0.2) is 9.97 Å². The quantitative estimate of drug-likeness (QED) is 0.837. The Kier molecular flexibility index (Phi) is 2.74. The Hall–Kier alpha value is -1.42. The van der Waals surface area contributed by atoms with E-state index >= 15 is 0 Å². The molecule has 2 heterocycles. The van der Waals surface area contributed by atoms with E-state index in [1.165, 1.54) is 4.88 Å². The summed E-state index contributed by atoms with van der Waals surface area (Å²) < 4.78 is 0. The number of pyridine rings is 1. The first-order valence-corrected chi connectivity index (χ1v) is 5.30. The Balaban J connectivity index is 2.06. The van der Waals surface area contributed by atoms with Gasteiger partial charge in [0.25, 0.3) is 0 Å². The zero-order valence-corrected chi connectivity index (χ0v) is 8.66. The van der Waals surface area contributed by atoms with Crippen molar-refractivity contribution in [1.82, 2.24) is 9.97 Å². The lowest BCUT2D eigenvalue weighted by molar-refractivity contribution is 0.892. The van der Waals surface area contributed by atoms with Crippen LogP contribution in [-0.2, 0) is 0 Å². The Morgan fingerprint density at radius 3 is 3.00 bits per heavy atom. The average Bonchev–Trinajstić information content (AvgIpc) is 2.72. The highest BCUT2D eigenvalue weighted by molar-refractivity contribution is 7.09. The fourth-order valence-corrected chi connectivity index (χ4v) is 1.81. The molecule has 0 aromatic carbocycles. The molecule has 2 rings (SSSR count). The summed E-state index contributed by atoms with van der Waals surface area (Å²) in [5, 5.41) is 3.30. The van der Waals surface area contributed by atoms with Crippen molar-refractivity contribution in [3.63, 3.8) is 0 Å². The van der Waals surface area contributed by atoms with Crippen LogP contribution in [0.1, 0.15) is 17.8 Å². The maximum absolute atomic E-state index is 4.20. The van der Waals surface area contributed by atoms with E-state index in [1.807, 2.05) is 29.9 Å². The highest BCUT2D eigenvalue weighted by Gasteiger charge is 2.06. The van der Waals surface area contributed by atoms with Crippen LogP contribution in [0.5, 0.6) is 0 Å². The number of nitrogens with zero attached hydrogens (tertiary/aromatic N) is 2. The van der Waals surface area contributed by atoms with Gasteiger partial charge in [-0.25, -0.2) is 4.98 Å². The van der Waals surface area contributed by atoms with Crippen molar-refractivity contribution in [3.05, 3.63) is 41.0 Å². The lowest BCUT2D eigenvalue weighted by Gasteiger charge is -2.11. The molecule has 0 amide bonds. The standard InChI is InChI=1S/C10H11N3S/c1-8(9-6-11-7-14-9)13-10-4-2-3-5-12-10/h2-8H,1H3,(H,12,13). The number of hydrogen-bond donors (Lipinski definition) is 1. The number of rotatable bonds is 3. The minimum Gasteiger partial charge on any atom is -0.363 e. The topological polar surface area (TPSA) is 37.8 Å². The van der Waals surface area contributed by atoms with Crippen molar-refractivity contribution in [3.8, 4) is 0 Å². The zero-order chi connectivity index (χ0) is 9.80. The molecule has 2 aromatic rings. The molecule has 0 radical (unpaired) electrons. The van der Waals surface area contributed by atoms with Crippen molar-refractivity contribution >= 4 is 17.2 Å². The van der Waals surface area contributed by atoms with Crippen molar-refractivity contribution in [2.75, 3.05) is 5.32 Å². The van der Waals surface area contributed by atoms with E-state index in [2.05, 4.69) is 22.2 Å². The molecule has 1 N–H and O–H groups in total. The van der Waals surface area contributed by atoms with Crippen molar-refractivity contribution in [2.45, 2.75) is 13.0 Å². The third-order valence-electron chi connectivity index (χ3n) is 1.91. The van der Waals surface area contributed by atoms with Gasteiger partial charge >= 0.3 is 0 Å². The number of nitrogens with one attached hydrogen (secondary N) is 1. The maximum atomic E-state index is 4.20. The summed E-state index contributed by atoms with van der Waals surface area (Å²) in [5.74, 6) is 0.897. The molecule has 0 saturated carbocycles. The minimum atomic E-state index is 0.261. The molecule has 1 unspecified atom stereocenters. The molecular weight excluding hydrogens is 194 g/mol. The van der Waals surface area contributed by atoms with Gasteiger partial charge in [0.2, 0.25) is 0 Å². The van der Waals surface area contributed by atoms with Crippen molar-refractivity contribution in [1.29, 1.82) is 0 Å². The van der Waals surface area contributed by atoms with Crippen LogP contribution >= 0.6 is 11.3 Å². The van der Waals surface area contributed by atoms with Gasteiger partial charge in [-0.2, -0.15) is 0 Å². The summed E-state index contributed by atoms with van der Waals surface area (Å²) in [5.41, 5.74) is 1.84. The SMILES string of the molecule is CC(Nc1ccccn1)c1cncs1. The minimum absolute atomic E-state index is 0.261. The molecule has 0 aliphatic rings. The molecular formula is C10H11N3S. The summed E-state index contributed by atoms with van der Waals surface area (Å²) in [6.07, 6.45) is 3.66. The molecule has 0 spiro atoms. The van der Waals surface area contributed by atoms with Crippen LogP contribution in [0.25, 0.3) is 0 Å². The second-order valence-electron chi connectivity index (χ2n) is 2.98. The number of hydrogen-bond acceptors (Lipinski definition) is 4. The lowest BCUT2D eigenvalue weighted by atomic mass is 10.3. The second kappa shape index (κ2) is 4.19. The first-order valence-electron chi connectivity index (χ1n) is 4.42. The van der Waals surface area contributed by atoms with E-state index in [9.17, 15) is 0 Å². The van der Waals surface area contributed by atoms with Crippen LogP contribution in [0.3, 0.4) is 0 Å². The molecule has 14 heavy (non-hydrogen) atoms. The third-order valence-corrected chi connectivity index (χ3v) is 2.87. The predicted octanol–water partition coefficient (Wildman–Crippen LogP) is 2.71. The third kappa shape index (κ3) is 2.09. The Morgan fingerprint density at radius 2 is 2.36 bits per heavy atom. The van der Waals surface area contributed by atoms with Crippen LogP contribution in [0.15, 0.2) is 36.1 Å². The fraction of sp³-hybridized carbons (Fsp3) is 0.200. The first kappa shape index (κ1) is 9.15. The highest BCUT2D eigenvalue weighted by atomic mass is 32.1. The molecule has 2 aromatic heterocycles. The van der Waals surface area contributed by atoms with Gasteiger partial charge in [0, 0.05) is 17.3 Å². The molecule has 72 valence electrons. The summed E-state index contributed by atoms with van der Waals surface area (Å²) in [6.45, 7) is 2.10. The Labute approximate surface area is 86.8 Å². The normalized spacial score (nSPS) is 12.4. The molecule has 0 fully saturated rings. The van der Waals surface area contributed by atoms with Gasteiger partial charge in [-0.15, -0.1) is 11.3 Å². The smallest absolute Gasteiger partial charge is 0.126 e. The lowest BCUT2D eigenvalue weighted by Crippen LogP contribution is -2.05. The van der Waals surface area contributed by atoms with Crippen LogP contribution in [0, 0.1) is 0 Å².